The largest absolute Gasteiger partial charge is 0.391 e. The van der Waals surface area contributed by atoms with E-state index in [1.54, 1.807) is 16.2 Å². The van der Waals surface area contributed by atoms with Crippen molar-refractivity contribution in [3.63, 3.8) is 0 Å². The van der Waals surface area contributed by atoms with Gasteiger partial charge in [0.1, 0.15) is 4.83 Å². The zero-order chi connectivity index (χ0) is 15.8. The van der Waals surface area contributed by atoms with Gasteiger partial charge in [-0.3, -0.25) is 4.79 Å². The van der Waals surface area contributed by atoms with Gasteiger partial charge in [0.25, 0.3) is 5.91 Å². The summed E-state index contributed by atoms with van der Waals surface area (Å²) in [6.45, 7) is 1.05. The Hall–Kier alpha value is -1.96. The predicted molar refractivity (Wildman–Crippen MR) is 93.7 cm³/mol. The number of thiophene rings is 1. The summed E-state index contributed by atoms with van der Waals surface area (Å²) in [6, 6.07) is 11.8. The molecule has 2 aromatic heterocycles. The van der Waals surface area contributed by atoms with Gasteiger partial charge in [0.2, 0.25) is 0 Å². The first-order chi connectivity index (χ1) is 11.2. The van der Waals surface area contributed by atoms with E-state index in [1.165, 1.54) is 11.3 Å². The van der Waals surface area contributed by atoms with E-state index in [1.807, 2.05) is 36.4 Å². The number of hydrogen-bond donors (Lipinski definition) is 2. The van der Waals surface area contributed by atoms with Crippen molar-refractivity contribution in [2.75, 3.05) is 18.4 Å². The number of thiazole rings is 1. The molecule has 7 heteroatoms. The van der Waals surface area contributed by atoms with Gasteiger partial charge in [-0.05, 0) is 24.6 Å². The van der Waals surface area contributed by atoms with Crippen molar-refractivity contribution < 1.29 is 9.90 Å². The molecule has 4 rings (SSSR count). The van der Waals surface area contributed by atoms with Crippen molar-refractivity contribution in [1.29, 1.82) is 0 Å². The quantitative estimate of drug-likeness (QED) is 0.764. The predicted octanol–water partition coefficient (Wildman–Crippen LogP) is 3.31. The number of hydrogen-bond acceptors (Lipinski definition) is 6. The molecule has 0 bridgehead atoms. The van der Waals surface area contributed by atoms with Crippen LogP contribution in [0.2, 0.25) is 0 Å². The van der Waals surface area contributed by atoms with Gasteiger partial charge >= 0.3 is 0 Å². The fourth-order valence-corrected chi connectivity index (χ4v) is 4.73. The molecule has 3 aromatic rings. The first-order valence-corrected chi connectivity index (χ1v) is 9.02. The fourth-order valence-electron chi connectivity index (χ4n) is 2.62. The van der Waals surface area contributed by atoms with Gasteiger partial charge in [-0.25, -0.2) is 4.98 Å². The second kappa shape index (κ2) is 5.92. The highest BCUT2D eigenvalue weighted by Gasteiger charge is 2.27. The molecule has 5 nitrogen and oxygen atoms in total. The van der Waals surface area contributed by atoms with Gasteiger partial charge in [-0.1, -0.05) is 29.5 Å². The number of aromatic nitrogens is 1. The summed E-state index contributed by atoms with van der Waals surface area (Å²) in [6.07, 6.45) is 0.273. The van der Waals surface area contributed by atoms with E-state index in [-0.39, 0.29) is 12.0 Å². The van der Waals surface area contributed by atoms with Crippen LogP contribution in [0.5, 0.6) is 0 Å². The molecule has 3 heterocycles. The van der Waals surface area contributed by atoms with Crippen LogP contribution in [0.25, 0.3) is 9.53 Å². The molecule has 23 heavy (non-hydrogen) atoms. The summed E-state index contributed by atoms with van der Waals surface area (Å²) < 4.78 is 1.01. The van der Waals surface area contributed by atoms with Gasteiger partial charge in [-0.15, -0.1) is 11.3 Å². The maximum Gasteiger partial charge on any atom is 0.264 e. The summed E-state index contributed by atoms with van der Waals surface area (Å²) in [7, 11) is 0. The van der Waals surface area contributed by atoms with Gasteiger partial charge < -0.3 is 15.3 Å². The first kappa shape index (κ1) is 14.6. The second-order valence-electron chi connectivity index (χ2n) is 5.48. The highest BCUT2D eigenvalue weighted by Crippen LogP contribution is 2.34. The summed E-state index contributed by atoms with van der Waals surface area (Å²) in [5.41, 5.74) is 0.997. The van der Waals surface area contributed by atoms with E-state index in [2.05, 4.69) is 10.3 Å². The molecule has 1 fully saturated rings. The number of likely N-dealkylation sites (tertiary alicyclic amines) is 1. The van der Waals surface area contributed by atoms with E-state index in [0.29, 0.717) is 24.4 Å². The maximum atomic E-state index is 12.4. The zero-order valence-electron chi connectivity index (χ0n) is 12.2. The number of rotatable bonds is 3. The van der Waals surface area contributed by atoms with Crippen LogP contribution in [0, 0.1) is 0 Å². The second-order valence-corrected chi connectivity index (χ2v) is 7.55. The molecule has 1 aromatic carbocycles. The third-order valence-electron chi connectivity index (χ3n) is 3.78. The van der Waals surface area contributed by atoms with Gasteiger partial charge in [0.15, 0.2) is 5.13 Å². The number of amides is 1. The monoisotopic (exact) mass is 345 g/mol. The third kappa shape index (κ3) is 2.95. The van der Waals surface area contributed by atoms with Crippen LogP contribution in [0.1, 0.15) is 16.1 Å². The van der Waals surface area contributed by atoms with Crippen molar-refractivity contribution in [1.82, 2.24) is 9.88 Å². The molecular formula is C16H15N3O2S2. The number of β-amino-alcohol motifs (C(OH)–C–C–N with tert-alkyl or cyclic N) is 1. The van der Waals surface area contributed by atoms with Crippen molar-refractivity contribution in [2.24, 2.45) is 0 Å². The van der Waals surface area contributed by atoms with Crippen molar-refractivity contribution >= 4 is 48.9 Å². The average molecular weight is 345 g/mol. The lowest BCUT2D eigenvalue weighted by atomic mass is 10.3. The van der Waals surface area contributed by atoms with Crippen LogP contribution in [-0.4, -0.2) is 40.1 Å². The molecule has 118 valence electrons. The number of para-hydroxylation sites is 1. The van der Waals surface area contributed by atoms with E-state index in [4.69, 9.17) is 0 Å². The van der Waals surface area contributed by atoms with Crippen LogP contribution in [0.15, 0.2) is 36.4 Å². The van der Waals surface area contributed by atoms with Crippen molar-refractivity contribution in [3.8, 4) is 0 Å². The summed E-state index contributed by atoms with van der Waals surface area (Å²) >= 11 is 2.95. The number of nitrogens with zero attached hydrogens (tertiary/aromatic N) is 2. The number of carbonyl (C=O) groups is 1. The van der Waals surface area contributed by atoms with Crippen molar-refractivity contribution in [2.45, 2.75) is 12.5 Å². The van der Waals surface area contributed by atoms with E-state index in [9.17, 15) is 9.90 Å². The number of aliphatic hydroxyl groups is 1. The fraction of sp³-hybridized carbons (Fsp3) is 0.250. The van der Waals surface area contributed by atoms with Crippen LogP contribution in [0.3, 0.4) is 0 Å². The molecule has 0 radical (unpaired) electrons. The molecular weight excluding hydrogens is 330 g/mol. The van der Waals surface area contributed by atoms with E-state index < -0.39 is 0 Å². The first-order valence-electron chi connectivity index (χ1n) is 7.39. The number of aliphatic hydroxyl groups excluding tert-OH is 1. The highest BCUT2D eigenvalue weighted by atomic mass is 32.1. The third-order valence-corrected chi connectivity index (χ3v) is 5.84. The Morgan fingerprint density at radius 2 is 2.13 bits per heavy atom. The molecule has 0 saturated carbocycles. The Labute approximate surface area is 141 Å². The minimum Gasteiger partial charge on any atom is -0.391 e. The van der Waals surface area contributed by atoms with Crippen LogP contribution in [-0.2, 0) is 0 Å². The van der Waals surface area contributed by atoms with Crippen LogP contribution >= 0.6 is 22.7 Å². The molecule has 1 aliphatic heterocycles. The molecule has 0 spiro atoms. The summed E-state index contributed by atoms with van der Waals surface area (Å²) in [5, 5.41) is 13.7. The topological polar surface area (TPSA) is 65.5 Å². The van der Waals surface area contributed by atoms with Gasteiger partial charge in [0, 0.05) is 18.8 Å². The zero-order valence-corrected chi connectivity index (χ0v) is 13.9. The number of nitrogens with one attached hydrogen (secondary N) is 1. The molecule has 2 N–H and O–H groups in total. The lowest BCUT2D eigenvalue weighted by Crippen LogP contribution is -2.28. The maximum absolute atomic E-state index is 12.4. The van der Waals surface area contributed by atoms with Crippen LogP contribution < -0.4 is 5.32 Å². The number of fused-ring (bicyclic) bond motifs is 1. The van der Waals surface area contributed by atoms with E-state index >= 15 is 0 Å². The minimum atomic E-state index is -0.389. The average Bonchev–Trinajstić information content (AvgIpc) is 3.22. The normalized spacial score (nSPS) is 17.8. The lowest BCUT2D eigenvalue weighted by molar-refractivity contribution is 0.0770. The summed E-state index contributed by atoms with van der Waals surface area (Å²) in [5.74, 6) is -0.00526. The molecule has 1 aliphatic rings. The van der Waals surface area contributed by atoms with Crippen LogP contribution in [0.4, 0.5) is 10.8 Å². The molecule has 1 saturated heterocycles. The minimum absolute atomic E-state index is 0.00526. The smallest absolute Gasteiger partial charge is 0.264 e. The Kier molecular flexibility index (Phi) is 3.76. The number of benzene rings is 1. The Balaban J connectivity index is 1.53. The molecule has 1 atom stereocenters. The highest BCUT2D eigenvalue weighted by molar-refractivity contribution is 7.29. The number of carbonyl (C=O) groups excluding carboxylic acids is 1. The Morgan fingerprint density at radius 1 is 1.30 bits per heavy atom. The van der Waals surface area contributed by atoms with Gasteiger partial charge in [-0.2, -0.15) is 0 Å². The molecule has 1 amide bonds. The number of anilines is 2. The van der Waals surface area contributed by atoms with Crippen molar-refractivity contribution in [3.05, 3.63) is 41.3 Å². The Bertz CT molecular complexity index is 812. The SMILES string of the molecule is O=C(c1cc2sc(Nc3ccccc3)nc2s1)N1CC[C@H](O)C1. The molecule has 0 aliphatic carbocycles. The summed E-state index contributed by atoms with van der Waals surface area (Å²) in [4.78, 5) is 20.3. The Morgan fingerprint density at radius 3 is 2.83 bits per heavy atom. The lowest BCUT2D eigenvalue weighted by Gasteiger charge is -2.13. The molecule has 0 unspecified atom stereocenters. The van der Waals surface area contributed by atoms with Gasteiger partial charge in [0.05, 0.1) is 15.7 Å². The standard InChI is InChI=1S/C16H15N3O2S2/c20-11-6-7-19(9-11)15(21)13-8-12-14(22-13)18-16(23-12)17-10-4-2-1-3-5-10/h1-5,8,11,20H,6-7,9H2,(H,17,18)/t11-/m0/s1. The van der Waals surface area contributed by atoms with E-state index in [0.717, 1.165) is 20.3 Å².